The van der Waals surface area contributed by atoms with Crippen LogP contribution >= 0.6 is 23.1 Å². The summed E-state index contributed by atoms with van der Waals surface area (Å²) >= 11 is 3.04. The van der Waals surface area contributed by atoms with Crippen molar-refractivity contribution in [2.24, 2.45) is 0 Å². The van der Waals surface area contributed by atoms with Crippen molar-refractivity contribution < 1.29 is 15.7 Å². The van der Waals surface area contributed by atoms with Crippen LogP contribution in [0.4, 0.5) is 0 Å². The van der Waals surface area contributed by atoms with Gasteiger partial charge in [0.05, 0.1) is 12.3 Å². The molecule has 0 bridgehead atoms. The molecule has 5 nitrogen and oxygen atoms in total. The first-order chi connectivity index (χ1) is 18.4. The van der Waals surface area contributed by atoms with Gasteiger partial charge in [-0.15, -0.1) is 11.8 Å². The van der Waals surface area contributed by atoms with Gasteiger partial charge < -0.3 is 14.8 Å². The Morgan fingerprint density at radius 1 is 1.29 bits per heavy atom. The number of hydrogen-bond donors (Lipinski definition) is 1. The first-order valence-electron chi connectivity index (χ1n) is 12.4. The Balaban J connectivity index is 0.00000353. The highest BCUT2D eigenvalue weighted by atomic mass is 32.2. The average Bonchev–Trinajstić information content (AvgIpc) is 3.46. The van der Waals surface area contributed by atoms with Crippen molar-refractivity contribution in [1.29, 1.82) is 0 Å². The van der Waals surface area contributed by atoms with Crippen LogP contribution in [0, 0.1) is 0 Å². The molecule has 7 heteroatoms. The smallest absolute Gasteiger partial charge is 0.238 e. The van der Waals surface area contributed by atoms with Gasteiger partial charge in [0.15, 0.2) is 0 Å². The molecule has 1 aromatic carbocycles. The van der Waals surface area contributed by atoms with E-state index in [2.05, 4.69) is 30.4 Å². The Morgan fingerprint density at radius 3 is 2.87 bits per heavy atom. The number of rotatable bonds is 8. The van der Waals surface area contributed by atoms with Gasteiger partial charge in [-0.1, -0.05) is 55.7 Å². The maximum atomic E-state index is 13.6. The van der Waals surface area contributed by atoms with Gasteiger partial charge in [-0.25, -0.2) is 4.98 Å². The number of pyridine rings is 1. The van der Waals surface area contributed by atoms with Crippen molar-refractivity contribution in [2.75, 3.05) is 6.61 Å². The monoisotopic (exact) mass is 544 g/mol. The van der Waals surface area contributed by atoms with Crippen LogP contribution in [-0.4, -0.2) is 22.7 Å². The third-order valence-corrected chi connectivity index (χ3v) is 8.92. The lowest BCUT2D eigenvalue weighted by atomic mass is 9.78. The quantitative estimate of drug-likeness (QED) is 0.237. The summed E-state index contributed by atoms with van der Waals surface area (Å²) in [6, 6.07) is 15.7. The highest BCUT2D eigenvalue weighted by Crippen LogP contribution is 2.44. The van der Waals surface area contributed by atoms with Crippen LogP contribution in [0.5, 0.6) is 11.6 Å². The van der Waals surface area contributed by atoms with Crippen LogP contribution in [0.25, 0.3) is 0 Å². The predicted octanol–water partition coefficient (Wildman–Crippen LogP) is 7.36. The van der Waals surface area contributed by atoms with Crippen LogP contribution in [0.15, 0.2) is 107 Å². The highest BCUT2D eigenvalue weighted by Gasteiger charge is 2.46. The number of allylic oxidation sites excluding steroid dienone is 3. The molecule has 3 aromatic rings. The fraction of sp³-hybridized carbons (Fsp3) is 0.226. The number of thioether (sulfide) groups is 1. The van der Waals surface area contributed by atoms with Crippen LogP contribution in [0.3, 0.4) is 0 Å². The van der Waals surface area contributed by atoms with Gasteiger partial charge in [0.2, 0.25) is 11.8 Å². The molecule has 38 heavy (non-hydrogen) atoms. The highest BCUT2D eigenvalue weighted by molar-refractivity contribution is 8.04. The van der Waals surface area contributed by atoms with Crippen LogP contribution in [0.1, 0.15) is 44.1 Å². The number of nitrogens with zero attached hydrogens (tertiary/aromatic N) is 1. The van der Waals surface area contributed by atoms with Gasteiger partial charge in [0.25, 0.3) is 0 Å². The molecule has 1 fully saturated rings. The number of hydrogen-bond acceptors (Lipinski definition) is 6. The lowest BCUT2D eigenvalue weighted by molar-refractivity contribution is -0.122. The fourth-order valence-corrected chi connectivity index (χ4v) is 6.65. The summed E-state index contributed by atoms with van der Waals surface area (Å²) in [5.41, 5.74) is 3.57. The molecule has 2 aliphatic heterocycles. The van der Waals surface area contributed by atoms with E-state index in [1.54, 1.807) is 17.4 Å². The minimum Gasteiger partial charge on any atom is -0.493 e. The van der Waals surface area contributed by atoms with Crippen molar-refractivity contribution >= 4 is 29.0 Å². The molecule has 1 amide bonds. The maximum absolute atomic E-state index is 13.6. The lowest BCUT2D eigenvalue weighted by Gasteiger charge is -2.41. The summed E-state index contributed by atoms with van der Waals surface area (Å²) in [5, 5.41) is 6.95. The summed E-state index contributed by atoms with van der Waals surface area (Å²) in [6.45, 7) is 14.7. The van der Waals surface area contributed by atoms with Gasteiger partial charge in [-0.3, -0.25) is 4.79 Å². The molecule has 2 aromatic heterocycles. The molecule has 1 saturated heterocycles. The molecule has 3 atom stereocenters. The molecule has 4 heterocycles. The molecular weight excluding hydrogens is 512 g/mol. The number of amides is 1. The number of aromatic nitrogens is 1. The van der Waals surface area contributed by atoms with E-state index in [0.717, 1.165) is 39.3 Å². The molecular formula is C31H32N2O3S2. The van der Waals surface area contributed by atoms with E-state index in [9.17, 15) is 4.79 Å². The van der Waals surface area contributed by atoms with E-state index in [1.807, 2.05) is 66.9 Å². The topological polar surface area (TPSA) is 60.5 Å². The van der Waals surface area contributed by atoms with Gasteiger partial charge >= 0.3 is 0 Å². The third kappa shape index (κ3) is 5.08. The molecule has 3 unspecified atom stereocenters. The van der Waals surface area contributed by atoms with E-state index in [-0.39, 0.29) is 13.4 Å². The molecule has 5 rings (SSSR count). The van der Waals surface area contributed by atoms with Crippen molar-refractivity contribution in [3.8, 4) is 11.6 Å². The van der Waals surface area contributed by atoms with Crippen molar-refractivity contribution in [3.05, 3.63) is 124 Å². The summed E-state index contributed by atoms with van der Waals surface area (Å²) in [4.78, 5) is 19.5. The number of benzene rings is 1. The van der Waals surface area contributed by atoms with Gasteiger partial charge in [-0.05, 0) is 53.1 Å². The number of para-hydroxylation sites is 1. The van der Waals surface area contributed by atoms with Gasteiger partial charge in [0.1, 0.15) is 22.6 Å². The van der Waals surface area contributed by atoms with Crippen molar-refractivity contribution in [2.45, 2.75) is 36.7 Å². The number of piperidine rings is 1. The zero-order chi connectivity index (χ0) is 26.7. The Labute approximate surface area is 233 Å². The number of carbonyl (C=O) groups is 1. The first kappa shape index (κ1) is 26.1. The first-order valence-corrected chi connectivity index (χ1v) is 14.3. The summed E-state index contributed by atoms with van der Waals surface area (Å²) in [5.74, 6) is 1.24. The lowest BCUT2D eigenvalue weighted by Crippen LogP contribution is -2.55. The molecule has 1 N–H and O–H groups in total. The Hall–Kier alpha value is -3.55. The van der Waals surface area contributed by atoms with Crippen molar-refractivity contribution in [3.63, 3.8) is 0 Å². The Kier molecular flexibility index (Phi) is 7.58. The summed E-state index contributed by atoms with van der Waals surface area (Å²) < 4.78 is 12.2. The Bertz CT molecular complexity index is 1400. The van der Waals surface area contributed by atoms with Crippen molar-refractivity contribution in [1.82, 2.24) is 10.3 Å². The molecule has 196 valence electrons. The fourth-order valence-electron chi connectivity index (χ4n) is 4.87. The molecule has 0 spiro atoms. The molecule has 0 saturated carbocycles. The molecule has 0 radical (unpaired) electrons. The number of fused-ring (bicyclic) bond motifs is 1. The van der Waals surface area contributed by atoms with Crippen LogP contribution in [-0.2, 0) is 10.3 Å². The predicted molar refractivity (Wildman–Crippen MR) is 158 cm³/mol. The zero-order valence-electron chi connectivity index (χ0n) is 21.3. The summed E-state index contributed by atoms with van der Waals surface area (Å²) in [6.07, 6.45) is 4.68. The second-order valence-corrected chi connectivity index (χ2v) is 11.4. The van der Waals surface area contributed by atoms with E-state index in [4.69, 9.17) is 14.5 Å². The largest absolute Gasteiger partial charge is 0.493 e. The second kappa shape index (κ2) is 11.1. The van der Waals surface area contributed by atoms with E-state index >= 15 is 0 Å². The molecule has 0 aliphatic carbocycles. The average molecular weight is 545 g/mol. The number of thiophene rings is 1. The van der Waals surface area contributed by atoms with E-state index in [0.29, 0.717) is 24.6 Å². The van der Waals surface area contributed by atoms with Gasteiger partial charge in [0, 0.05) is 30.8 Å². The van der Waals surface area contributed by atoms with Gasteiger partial charge in [-0.2, -0.15) is 11.3 Å². The Morgan fingerprint density at radius 2 is 2.13 bits per heavy atom. The number of ether oxygens (including phenoxy) is 2. The SMILES string of the molecule is C=C/C=C(/SC1C(=C)CC(c2ccsc2)(c2cccc(OC3CCOc4ccccc43)n2)NC1=O)C(=C)C.[HH]. The zero-order valence-corrected chi connectivity index (χ0v) is 22.9. The second-order valence-electron chi connectivity index (χ2n) is 9.43. The number of nitrogens with one attached hydrogen (secondary N) is 1. The van der Waals surface area contributed by atoms with Crippen LogP contribution < -0.4 is 14.8 Å². The molecule has 2 aliphatic rings. The van der Waals surface area contributed by atoms with Crippen LogP contribution in [0.2, 0.25) is 0 Å². The summed E-state index contributed by atoms with van der Waals surface area (Å²) in [7, 11) is 0. The normalized spacial score (nSPS) is 23.1. The van der Waals surface area contributed by atoms with E-state index in [1.165, 1.54) is 11.8 Å². The minimum atomic E-state index is -0.844. The number of carbonyl (C=O) groups excluding carboxylic acids is 1. The maximum Gasteiger partial charge on any atom is 0.238 e. The third-order valence-electron chi connectivity index (χ3n) is 6.71. The standard InChI is InChI=1S/C31H30N2O3S2.H2/c1-5-9-26(20(2)3)38-29-21(4)18-31(33-30(29)34,22-15-17-37-19-22)27-12-8-13-28(32-27)36-25-14-16-35-24-11-7-6-10-23(24)25;/h5-13,15,17,19,25,29H,1-2,4,14,16,18H2,3H3,(H,33,34);1H/b26-9+;. The minimum absolute atomic E-state index is 0. The van der Waals surface area contributed by atoms with E-state index < -0.39 is 10.8 Å².